The zero-order valence-electron chi connectivity index (χ0n) is 23.3. The van der Waals surface area contributed by atoms with Gasteiger partial charge in [0.2, 0.25) is 0 Å². The monoisotopic (exact) mass is 636 g/mol. The number of phenols is 1. The Morgan fingerprint density at radius 3 is 2.26 bits per heavy atom. The van der Waals surface area contributed by atoms with Gasteiger partial charge in [0.25, 0.3) is 9.70 Å². The van der Waals surface area contributed by atoms with E-state index in [0.29, 0.717) is 18.7 Å². The van der Waals surface area contributed by atoms with Crippen LogP contribution in [-0.4, -0.2) is 56.2 Å². The number of halogens is 3. The third-order valence-electron chi connectivity index (χ3n) is 7.32. The maximum atomic E-state index is 11.9. The summed E-state index contributed by atoms with van der Waals surface area (Å²) in [7, 11) is 1.91. The lowest BCUT2D eigenvalue weighted by Gasteiger charge is -2.42. The van der Waals surface area contributed by atoms with Crippen LogP contribution in [0.25, 0.3) is 0 Å². The van der Waals surface area contributed by atoms with Crippen molar-refractivity contribution in [2.75, 3.05) is 20.1 Å². The van der Waals surface area contributed by atoms with Crippen molar-refractivity contribution in [1.29, 1.82) is 0 Å². The van der Waals surface area contributed by atoms with Crippen molar-refractivity contribution in [3.8, 4) is 5.75 Å². The molecule has 3 aromatic carbocycles. The third-order valence-corrected chi connectivity index (χ3v) is 7.83. The lowest BCUT2D eigenvalue weighted by atomic mass is 9.90. The average Bonchev–Trinajstić information content (AvgIpc) is 2.96. The molecule has 0 aliphatic carbocycles. The SMILES string of the molecule is CC1C(CN(C)CC(O)c2cccc(O)c2)OC(c2ccc(CNC(=O)C(Cl)(Cl)Cl)cc2)OC1c1ccc(CO)cc1. The highest BCUT2D eigenvalue weighted by molar-refractivity contribution is 6.76. The van der Waals surface area contributed by atoms with Crippen molar-refractivity contribution in [3.63, 3.8) is 0 Å². The van der Waals surface area contributed by atoms with Crippen molar-refractivity contribution < 1.29 is 29.6 Å². The Balaban J connectivity index is 1.50. The van der Waals surface area contributed by atoms with Crippen molar-refractivity contribution >= 4 is 40.7 Å². The molecule has 1 aliphatic rings. The first kappa shape index (κ1) is 32.5. The van der Waals surface area contributed by atoms with Crippen LogP contribution in [0, 0.1) is 5.92 Å². The molecular formula is C31H35Cl3N2O6. The Labute approximate surface area is 260 Å². The Bertz CT molecular complexity index is 1320. The van der Waals surface area contributed by atoms with E-state index in [9.17, 15) is 20.1 Å². The van der Waals surface area contributed by atoms with Crippen LogP contribution in [0.1, 0.15) is 53.2 Å². The van der Waals surface area contributed by atoms with Gasteiger partial charge in [-0.2, -0.15) is 0 Å². The molecule has 3 aromatic rings. The molecule has 4 N–H and O–H groups in total. The zero-order valence-corrected chi connectivity index (χ0v) is 25.6. The Morgan fingerprint density at radius 2 is 1.64 bits per heavy atom. The molecule has 11 heteroatoms. The summed E-state index contributed by atoms with van der Waals surface area (Å²) < 4.78 is 11.0. The summed E-state index contributed by atoms with van der Waals surface area (Å²) in [5.41, 5.74) is 4.01. The average molecular weight is 638 g/mol. The number of rotatable bonds is 10. The number of amides is 1. The van der Waals surface area contributed by atoms with Gasteiger partial charge in [-0.05, 0) is 41.4 Å². The fourth-order valence-corrected chi connectivity index (χ4v) is 5.12. The number of alkyl halides is 3. The third kappa shape index (κ3) is 8.58. The summed E-state index contributed by atoms with van der Waals surface area (Å²) in [5.74, 6) is -0.647. The largest absolute Gasteiger partial charge is 0.508 e. The fourth-order valence-electron chi connectivity index (χ4n) is 4.92. The fraction of sp³-hybridized carbons (Fsp3) is 0.387. The maximum absolute atomic E-state index is 11.9. The van der Waals surface area contributed by atoms with Crippen molar-refractivity contribution in [2.45, 2.75) is 48.5 Å². The molecule has 8 nitrogen and oxygen atoms in total. The second-order valence-electron chi connectivity index (χ2n) is 10.6. The second-order valence-corrected chi connectivity index (χ2v) is 12.9. The molecule has 0 bridgehead atoms. The van der Waals surface area contributed by atoms with Gasteiger partial charge in [-0.3, -0.25) is 4.79 Å². The number of aliphatic hydroxyl groups is 2. The van der Waals surface area contributed by atoms with E-state index in [1.54, 1.807) is 24.3 Å². The molecule has 1 amide bonds. The lowest BCUT2D eigenvalue weighted by Crippen LogP contribution is -2.44. The molecule has 1 heterocycles. The molecule has 1 aliphatic heterocycles. The molecule has 1 fully saturated rings. The van der Waals surface area contributed by atoms with Crippen LogP contribution in [0.15, 0.2) is 72.8 Å². The normalized spacial score (nSPS) is 21.7. The van der Waals surface area contributed by atoms with E-state index in [1.807, 2.05) is 60.5 Å². The summed E-state index contributed by atoms with van der Waals surface area (Å²) in [6.07, 6.45) is -2.02. The number of nitrogens with one attached hydrogen (secondary N) is 1. The van der Waals surface area contributed by atoms with Gasteiger partial charge in [0.15, 0.2) is 6.29 Å². The number of ether oxygens (including phenoxy) is 2. The minimum Gasteiger partial charge on any atom is -0.508 e. The standard InChI is InChI=1S/C31H35Cl3N2O6/c1-19-27(17-36(2)16-26(39)24-4-3-5-25(38)14-24)41-29(42-28(19)22-10-8-21(18-37)9-11-22)23-12-6-20(7-13-23)15-35-30(40)31(32,33)34/h3-14,19,26-29,37-39H,15-18H2,1-2H3,(H,35,40). The molecule has 1 saturated heterocycles. The summed E-state index contributed by atoms with van der Waals surface area (Å²) >= 11 is 16.9. The predicted molar refractivity (Wildman–Crippen MR) is 162 cm³/mol. The summed E-state index contributed by atoms with van der Waals surface area (Å²) in [6.45, 7) is 3.07. The summed E-state index contributed by atoms with van der Waals surface area (Å²) in [4.78, 5) is 13.9. The maximum Gasteiger partial charge on any atom is 0.272 e. The minimum atomic E-state index is -2.04. The van der Waals surface area contributed by atoms with Crippen LogP contribution in [-0.2, 0) is 27.4 Å². The highest BCUT2D eigenvalue weighted by atomic mass is 35.6. The van der Waals surface area contributed by atoms with Gasteiger partial charge in [-0.15, -0.1) is 0 Å². The van der Waals surface area contributed by atoms with Crippen LogP contribution >= 0.6 is 34.8 Å². The van der Waals surface area contributed by atoms with Crippen LogP contribution in [0.2, 0.25) is 0 Å². The van der Waals surface area contributed by atoms with Crippen LogP contribution in [0.3, 0.4) is 0 Å². The lowest BCUT2D eigenvalue weighted by molar-refractivity contribution is -0.276. The number of benzene rings is 3. The predicted octanol–water partition coefficient (Wildman–Crippen LogP) is 5.33. The molecule has 226 valence electrons. The summed E-state index contributed by atoms with van der Waals surface area (Å²) in [5, 5.41) is 32.7. The van der Waals surface area contributed by atoms with Gasteiger partial charge in [0, 0.05) is 31.1 Å². The first-order valence-electron chi connectivity index (χ1n) is 13.5. The van der Waals surface area contributed by atoms with Crippen LogP contribution < -0.4 is 5.32 Å². The van der Waals surface area contributed by atoms with Crippen molar-refractivity contribution in [2.24, 2.45) is 5.92 Å². The van der Waals surface area contributed by atoms with E-state index < -0.39 is 22.1 Å². The van der Waals surface area contributed by atoms with Crippen molar-refractivity contribution in [3.05, 3.63) is 101 Å². The highest BCUT2D eigenvalue weighted by Crippen LogP contribution is 2.42. The Hall–Kier alpha value is -2.40. The number of likely N-dealkylation sites (N-methyl/N-ethyl adjacent to an activating group) is 1. The van der Waals surface area contributed by atoms with E-state index >= 15 is 0 Å². The second kappa shape index (κ2) is 14.4. The first-order chi connectivity index (χ1) is 19.9. The smallest absolute Gasteiger partial charge is 0.272 e. The number of carbonyl (C=O) groups is 1. The molecule has 0 saturated carbocycles. The van der Waals surface area contributed by atoms with Crippen molar-refractivity contribution in [1.82, 2.24) is 10.2 Å². The molecule has 5 atom stereocenters. The number of hydrogen-bond donors (Lipinski definition) is 4. The van der Waals surface area contributed by atoms with E-state index in [2.05, 4.69) is 12.2 Å². The first-order valence-corrected chi connectivity index (χ1v) is 14.7. The van der Waals surface area contributed by atoms with E-state index in [1.165, 1.54) is 0 Å². The zero-order chi connectivity index (χ0) is 30.4. The van der Waals surface area contributed by atoms with E-state index in [4.69, 9.17) is 44.3 Å². The highest BCUT2D eigenvalue weighted by Gasteiger charge is 2.39. The topological polar surface area (TPSA) is 111 Å². The van der Waals surface area contributed by atoms with Gasteiger partial charge in [-0.1, -0.05) is 102 Å². The van der Waals surface area contributed by atoms with Crippen LogP contribution in [0.5, 0.6) is 5.75 Å². The van der Waals surface area contributed by atoms with Crippen LogP contribution in [0.4, 0.5) is 0 Å². The van der Waals surface area contributed by atoms with E-state index in [0.717, 1.165) is 22.3 Å². The number of nitrogens with zero attached hydrogens (tertiary/aromatic N) is 1. The number of carbonyl (C=O) groups excluding carboxylic acids is 1. The Kier molecular flexibility index (Phi) is 11.1. The van der Waals surface area contributed by atoms with Gasteiger partial charge in [0.05, 0.1) is 24.9 Å². The molecular weight excluding hydrogens is 603 g/mol. The quantitative estimate of drug-likeness (QED) is 0.223. The van der Waals surface area contributed by atoms with Gasteiger partial charge in [0.1, 0.15) is 5.75 Å². The Morgan fingerprint density at radius 1 is 1.00 bits per heavy atom. The summed E-state index contributed by atoms with van der Waals surface area (Å²) in [6, 6.07) is 21.7. The molecule has 42 heavy (non-hydrogen) atoms. The minimum absolute atomic E-state index is 0.0435. The number of aromatic hydroxyl groups is 1. The molecule has 0 radical (unpaired) electrons. The van der Waals surface area contributed by atoms with E-state index in [-0.39, 0.29) is 37.0 Å². The van der Waals surface area contributed by atoms with Gasteiger partial charge in [-0.25, -0.2) is 0 Å². The molecule has 0 spiro atoms. The molecule has 5 unspecified atom stereocenters. The number of phenolic OH excluding ortho intramolecular Hbond substituents is 1. The number of hydrogen-bond acceptors (Lipinski definition) is 7. The molecule has 4 rings (SSSR count). The number of aliphatic hydroxyl groups excluding tert-OH is 2. The van der Waals surface area contributed by atoms with Gasteiger partial charge < -0.3 is 35.0 Å². The molecule has 0 aromatic heterocycles. The van der Waals surface area contributed by atoms with Gasteiger partial charge >= 0.3 is 0 Å².